The third-order valence-corrected chi connectivity index (χ3v) is 4.13. The van der Waals surface area contributed by atoms with E-state index in [0.717, 1.165) is 12.7 Å². The van der Waals surface area contributed by atoms with E-state index in [1.54, 1.807) is 26.2 Å². The highest BCUT2D eigenvalue weighted by Gasteiger charge is 2.28. The SMILES string of the molecule is COC(=O)/C(=C\N(C)C)S(=O)(=O)c1ccc(C)cc1. The molecule has 0 heterocycles. The molecule has 0 fully saturated rings. The molecule has 0 bridgehead atoms. The summed E-state index contributed by atoms with van der Waals surface area (Å²) in [6.07, 6.45) is 1.24. The maximum absolute atomic E-state index is 12.4. The van der Waals surface area contributed by atoms with Crippen molar-refractivity contribution >= 4 is 15.8 Å². The first-order valence-electron chi connectivity index (χ1n) is 5.57. The van der Waals surface area contributed by atoms with Crippen LogP contribution in [0.25, 0.3) is 0 Å². The van der Waals surface area contributed by atoms with Gasteiger partial charge in [0.15, 0.2) is 4.91 Å². The lowest BCUT2D eigenvalue weighted by Crippen LogP contribution is -2.18. The first-order valence-corrected chi connectivity index (χ1v) is 7.05. The number of methoxy groups -OCH3 is 1. The predicted octanol–water partition coefficient (Wildman–Crippen LogP) is 1.34. The first-order chi connectivity index (χ1) is 8.78. The fraction of sp³-hybridized carbons (Fsp3) is 0.308. The Labute approximate surface area is 113 Å². The molecule has 104 valence electrons. The van der Waals surface area contributed by atoms with E-state index in [1.807, 2.05) is 6.92 Å². The van der Waals surface area contributed by atoms with Gasteiger partial charge in [-0.2, -0.15) is 0 Å². The lowest BCUT2D eigenvalue weighted by atomic mass is 10.2. The molecule has 0 spiro atoms. The molecule has 0 aliphatic carbocycles. The fourth-order valence-corrected chi connectivity index (χ4v) is 2.81. The Morgan fingerprint density at radius 1 is 1.21 bits per heavy atom. The number of benzene rings is 1. The number of carbonyl (C=O) groups is 1. The summed E-state index contributed by atoms with van der Waals surface area (Å²) in [6, 6.07) is 6.29. The second-order valence-corrected chi connectivity index (χ2v) is 6.18. The van der Waals surface area contributed by atoms with Gasteiger partial charge in [-0.1, -0.05) is 17.7 Å². The molecule has 1 aromatic rings. The molecule has 1 aromatic carbocycles. The Bertz CT molecular complexity index is 586. The molecule has 5 nitrogen and oxygen atoms in total. The van der Waals surface area contributed by atoms with E-state index in [9.17, 15) is 13.2 Å². The third kappa shape index (κ3) is 3.57. The number of hydrogen-bond acceptors (Lipinski definition) is 5. The molecule has 0 saturated heterocycles. The number of aryl methyl sites for hydroxylation is 1. The predicted molar refractivity (Wildman–Crippen MR) is 72.2 cm³/mol. The van der Waals surface area contributed by atoms with Crippen molar-refractivity contribution in [3.05, 3.63) is 40.9 Å². The zero-order valence-electron chi connectivity index (χ0n) is 11.4. The zero-order chi connectivity index (χ0) is 14.6. The maximum Gasteiger partial charge on any atom is 0.351 e. The molecule has 19 heavy (non-hydrogen) atoms. The summed E-state index contributed by atoms with van der Waals surface area (Å²) in [5.74, 6) is -0.880. The van der Waals surface area contributed by atoms with E-state index in [-0.39, 0.29) is 9.80 Å². The summed E-state index contributed by atoms with van der Waals surface area (Å²) in [6.45, 7) is 1.85. The van der Waals surface area contributed by atoms with Crippen LogP contribution in [0.5, 0.6) is 0 Å². The highest BCUT2D eigenvalue weighted by molar-refractivity contribution is 7.96. The standard InChI is InChI=1S/C13H17NO4S/c1-10-5-7-11(8-6-10)19(16,17)12(9-14(2)3)13(15)18-4/h5-9H,1-4H3/b12-9+. The molecule has 0 N–H and O–H groups in total. The van der Waals surface area contributed by atoms with E-state index >= 15 is 0 Å². The molecule has 1 rings (SSSR count). The van der Waals surface area contributed by atoms with Gasteiger partial charge in [0.1, 0.15) is 0 Å². The van der Waals surface area contributed by atoms with Gasteiger partial charge >= 0.3 is 5.97 Å². The van der Waals surface area contributed by atoms with Crippen molar-refractivity contribution in [3.63, 3.8) is 0 Å². The lowest BCUT2D eigenvalue weighted by Gasteiger charge is -2.11. The molecular weight excluding hydrogens is 266 g/mol. The minimum Gasteiger partial charge on any atom is -0.465 e. The molecule has 0 saturated carbocycles. The van der Waals surface area contributed by atoms with Crippen LogP contribution in [0.15, 0.2) is 40.3 Å². The lowest BCUT2D eigenvalue weighted by molar-refractivity contribution is -0.135. The van der Waals surface area contributed by atoms with Crippen LogP contribution >= 0.6 is 0 Å². The maximum atomic E-state index is 12.4. The van der Waals surface area contributed by atoms with Crippen LogP contribution in [-0.4, -0.2) is 40.5 Å². The Morgan fingerprint density at radius 2 is 1.74 bits per heavy atom. The highest BCUT2D eigenvalue weighted by atomic mass is 32.2. The number of nitrogens with zero attached hydrogens (tertiary/aromatic N) is 1. The average molecular weight is 283 g/mol. The van der Waals surface area contributed by atoms with Crippen LogP contribution in [0, 0.1) is 6.92 Å². The van der Waals surface area contributed by atoms with E-state index in [1.165, 1.54) is 23.2 Å². The molecule has 0 aromatic heterocycles. The van der Waals surface area contributed by atoms with Gasteiger partial charge in [0, 0.05) is 20.3 Å². The normalized spacial score (nSPS) is 12.1. The first kappa shape index (κ1) is 15.2. The van der Waals surface area contributed by atoms with E-state index in [4.69, 9.17) is 0 Å². The van der Waals surface area contributed by atoms with Gasteiger partial charge < -0.3 is 9.64 Å². The van der Waals surface area contributed by atoms with Crippen molar-refractivity contribution < 1.29 is 17.9 Å². The van der Waals surface area contributed by atoms with Crippen molar-refractivity contribution in [1.29, 1.82) is 0 Å². The number of rotatable bonds is 4. The van der Waals surface area contributed by atoms with Gasteiger partial charge in [-0.25, -0.2) is 13.2 Å². The summed E-state index contributed by atoms with van der Waals surface area (Å²) in [4.78, 5) is 12.8. The van der Waals surface area contributed by atoms with Gasteiger partial charge in [0.2, 0.25) is 9.84 Å². The van der Waals surface area contributed by atoms with Crippen LogP contribution in [-0.2, 0) is 19.4 Å². The molecule has 0 atom stereocenters. The largest absolute Gasteiger partial charge is 0.465 e. The van der Waals surface area contributed by atoms with Crippen LogP contribution in [0.1, 0.15) is 5.56 Å². The van der Waals surface area contributed by atoms with Gasteiger partial charge in [-0.15, -0.1) is 0 Å². The summed E-state index contributed by atoms with van der Waals surface area (Å²) < 4.78 is 29.3. The van der Waals surface area contributed by atoms with E-state index < -0.39 is 15.8 Å². The van der Waals surface area contributed by atoms with Gasteiger partial charge in [-0.05, 0) is 19.1 Å². The van der Waals surface area contributed by atoms with Crippen molar-refractivity contribution in [1.82, 2.24) is 4.90 Å². The van der Waals surface area contributed by atoms with E-state index in [0.29, 0.717) is 0 Å². The van der Waals surface area contributed by atoms with Gasteiger partial charge in [-0.3, -0.25) is 0 Å². The second kappa shape index (κ2) is 5.88. The second-order valence-electron chi connectivity index (χ2n) is 4.27. The van der Waals surface area contributed by atoms with Crippen LogP contribution in [0.3, 0.4) is 0 Å². The highest BCUT2D eigenvalue weighted by Crippen LogP contribution is 2.21. The molecule has 6 heteroatoms. The molecule has 0 radical (unpaired) electrons. The molecule has 0 aliphatic rings. The zero-order valence-corrected chi connectivity index (χ0v) is 12.2. The molecule has 0 aliphatic heterocycles. The Balaban J connectivity index is 3.36. The number of sulfone groups is 1. The molecule has 0 unspecified atom stereocenters. The molecular formula is C13H17NO4S. The summed E-state index contributed by atoms with van der Waals surface area (Å²) in [7, 11) is 0.535. The minimum absolute atomic E-state index is 0.0663. The van der Waals surface area contributed by atoms with Crippen molar-refractivity contribution in [2.45, 2.75) is 11.8 Å². The Hall–Kier alpha value is -1.82. The number of ether oxygens (including phenoxy) is 1. The Kier molecular flexibility index (Phi) is 4.72. The number of carbonyl (C=O) groups excluding carboxylic acids is 1. The van der Waals surface area contributed by atoms with Gasteiger partial charge in [0.05, 0.1) is 12.0 Å². The Morgan fingerprint density at radius 3 is 2.16 bits per heavy atom. The van der Waals surface area contributed by atoms with Crippen LogP contribution < -0.4 is 0 Å². The van der Waals surface area contributed by atoms with E-state index in [2.05, 4.69) is 4.74 Å². The topological polar surface area (TPSA) is 63.7 Å². The third-order valence-electron chi connectivity index (χ3n) is 2.38. The summed E-state index contributed by atoms with van der Waals surface area (Å²) >= 11 is 0. The van der Waals surface area contributed by atoms with Crippen molar-refractivity contribution in [3.8, 4) is 0 Å². The minimum atomic E-state index is -3.88. The van der Waals surface area contributed by atoms with Gasteiger partial charge in [0.25, 0.3) is 0 Å². The van der Waals surface area contributed by atoms with Crippen molar-refractivity contribution in [2.75, 3.05) is 21.2 Å². The smallest absolute Gasteiger partial charge is 0.351 e. The monoisotopic (exact) mass is 283 g/mol. The summed E-state index contributed by atoms with van der Waals surface area (Å²) in [5.41, 5.74) is 0.940. The molecule has 0 amide bonds. The van der Waals surface area contributed by atoms with Crippen LogP contribution in [0.2, 0.25) is 0 Å². The quantitative estimate of drug-likeness (QED) is 0.616. The van der Waals surface area contributed by atoms with Crippen LogP contribution in [0.4, 0.5) is 0 Å². The van der Waals surface area contributed by atoms with Crippen molar-refractivity contribution in [2.24, 2.45) is 0 Å². The average Bonchev–Trinajstić information content (AvgIpc) is 2.35. The number of esters is 1. The summed E-state index contributed by atoms with van der Waals surface area (Å²) in [5, 5.41) is 0. The number of hydrogen-bond donors (Lipinski definition) is 0. The fourth-order valence-electron chi connectivity index (χ4n) is 1.41.